The van der Waals surface area contributed by atoms with Crippen molar-refractivity contribution in [3.05, 3.63) is 46.7 Å². The van der Waals surface area contributed by atoms with Crippen LogP contribution in [0.4, 0.5) is 5.69 Å². The van der Waals surface area contributed by atoms with Gasteiger partial charge in [-0.15, -0.1) is 0 Å². The minimum absolute atomic E-state index is 0.441. The smallest absolute Gasteiger partial charge is 0.0815 e. The number of aryl methyl sites for hydroxylation is 1. The van der Waals surface area contributed by atoms with Crippen LogP contribution in [-0.2, 0) is 6.54 Å². The summed E-state index contributed by atoms with van der Waals surface area (Å²) in [6.45, 7) is 7.05. The minimum Gasteiger partial charge on any atom is -0.378 e. The lowest BCUT2D eigenvalue weighted by atomic mass is 10.2. The number of hydrogen-bond donors (Lipinski definition) is 1. The fourth-order valence-corrected chi connectivity index (χ4v) is 2.16. The summed E-state index contributed by atoms with van der Waals surface area (Å²) in [6.07, 6.45) is 3.11. The Labute approximate surface area is 119 Å². The predicted molar refractivity (Wildman–Crippen MR) is 80.7 cm³/mol. The van der Waals surface area contributed by atoms with Crippen molar-refractivity contribution in [3.8, 4) is 0 Å². The molecule has 0 spiro atoms. The quantitative estimate of drug-likeness (QED) is 0.876. The van der Waals surface area contributed by atoms with Gasteiger partial charge in [0.15, 0.2) is 0 Å². The van der Waals surface area contributed by atoms with Crippen LogP contribution >= 0.6 is 11.6 Å². The van der Waals surface area contributed by atoms with E-state index in [-0.39, 0.29) is 0 Å². The third-order valence-corrected chi connectivity index (χ3v) is 3.60. The largest absolute Gasteiger partial charge is 0.378 e. The molecule has 0 radical (unpaired) electrons. The molecule has 3 nitrogen and oxygen atoms in total. The minimum atomic E-state index is 0.441. The van der Waals surface area contributed by atoms with Gasteiger partial charge in [-0.05, 0) is 44.0 Å². The maximum absolute atomic E-state index is 6.19. The monoisotopic (exact) mass is 277 g/mol. The zero-order chi connectivity index (χ0) is 13.8. The fraction of sp³-hybridized carbons (Fsp3) is 0.400. The van der Waals surface area contributed by atoms with E-state index in [1.807, 2.05) is 42.1 Å². The van der Waals surface area contributed by atoms with Gasteiger partial charge in [0.1, 0.15) is 0 Å². The molecule has 0 saturated carbocycles. The highest BCUT2D eigenvalue weighted by atomic mass is 35.5. The molecule has 0 saturated heterocycles. The molecule has 1 aromatic heterocycles. The Kier molecular flexibility index (Phi) is 4.48. The van der Waals surface area contributed by atoms with Crippen LogP contribution in [0.25, 0.3) is 0 Å². The number of aromatic nitrogens is 2. The Morgan fingerprint density at radius 1 is 1.37 bits per heavy atom. The first-order chi connectivity index (χ1) is 9.10. The van der Waals surface area contributed by atoms with Crippen molar-refractivity contribution in [2.75, 3.05) is 5.32 Å². The molecule has 0 bridgehead atoms. The average Bonchev–Trinajstić information content (AvgIpc) is 2.85. The highest BCUT2D eigenvalue weighted by Gasteiger charge is 2.05. The number of halogens is 1. The van der Waals surface area contributed by atoms with Gasteiger partial charge >= 0.3 is 0 Å². The second-order valence-corrected chi connectivity index (χ2v) is 5.29. The van der Waals surface area contributed by atoms with E-state index in [2.05, 4.69) is 24.3 Å². The van der Waals surface area contributed by atoms with E-state index >= 15 is 0 Å². The van der Waals surface area contributed by atoms with E-state index in [1.54, 1.807) is 0 Å². The SMILES string of the molecule is CCC(C)n1ccc(CNc2ccc(C)cc2Cl)n1. The van der Waals surface area contributed by atoms with E-state index in [0.29, 0.717) is 12.6 Å². The molecule has 19 heavy (non-hydrogen) atoms. The second kappa shape index (κ2) is 6.11. The van der Waals surface area contributed by atoms with E-state index in [9.17, 15) is 0 Å². The van der Waals surface area contributed by atoms with Crippen LogP contribution in [0.3, 0.4) is 0 Å². The standard InChI is InChI=1S/C15H20ClN3/c1-4-12(3)19-8-7-13(18-19)10-17-15-6-5-11(2)9-14(15)16/h5-9,12,17H,4,10H2,1-3H3. The van der Waals surface area contributed by atoms with Gasteiger partial charge in [-0.25, -0.2) is 0 Å². The second-order valence-electron chi connectivity index (χ2n) is 4.88. The average molecular weight is 278 g/mol. The summed E-state index contributed by atoms with van der Waals surface area (Å²) in [4.78, 5) is 0. The van der Waals surface area contributed by atoms with Gasteiger partial charge in [-0.1, -0.05) is 24.6 Å². The molecule has 0 aliphatic carbocycles. The fourth-order valence-electron chi connectivity index (χ4n) is 1.85. The zero-order valence-corrected chi connectivity index (χ0v) is 12.4. The summed E-state index contributed by atoms with van der Waals surface area (Å²) in [5.74, 6) is 0. The third-order valence-electron chi connectivity index (χ3n) is 3.29. The summed E-state index contributed by atoms with van der Waals surface area (Å²) >= 11 is 6.19. The molecular weight excluding hydrogens is 258 g/mol. The Morgan fingerprint density at radius 3 is 2.84 bits per heavy atom. The predicted octanol–water partition coefficient (Wildman–Crippen LogP) is 4.43. The van der Waals surface area contributed by atoms with Gasteiger partial charge < -0.3 is 5.32 Å². The molecular formula is C15H20ClN3. The number of nitrogens with zero attached hydrogens (tertiary/aromatic N) is 2. The highest BCUT2D eigenvalue weighted by Crippen LogP contribution is 2.23. The lowest BCUT2D eigenvalue weighted by Crippen LogP contribution is -2.06. The molecule has 4 heteroatoms. The Hall–Kier alpha value is -1.48. The van der Waals surface area contributed by atoms with Crippen LogP contribution in [-0.4, -0.2) is 9.78 Å². The molecule has 1 aromatic carbocycles. The Balaban J connectivity index is 2.00. The van der Waals surface area contributed by atoms with Gasteiger partial charge in [0, 0.05) is 12.2 Å². The van der Waals surface area contributed by atoms with Crippen molar-refractivity contribution < 1.29 is 0 Å². The van der Waals surface area contributed by atoms with Crippen molar-refractivity contribution in [2.45, 2.75) is 39.8 Å². The molecule has 0 amide bonds. The zero-order valence-electron chi connectivity index (χ0n) is 11.7. The van der Waals surface area contributed by atoms with Crippen molar-refractivity contribution in [2.24, 2.45) is 0 Å². The van der Waals surface area contributed by atoms with E-state index in [0.717, 1.165) is 28.4 Å². The molecule has 102 valence electrons. The first-order valence-corrected chi connectivity index (χ1v) is 7.02. The maximum atomic E-state index is 6.19. The molecule has 2 rings (SSSR count). The number of rotatable bonds is 5. The molecule has 0 aliphatic rings. The van der Waals surface area contributed by atoms with Gasteiger partial charge in [-0.2, -0.15) is 5.10 Å². The Morgan fingerprint density at radius 2 is 2.16 bits per heavy atom. The molecule has 1 N–H and O–H groups in total. The summed E-state index contributed by atoms with van der Waals surface area (Å²) in [5.41, 5.74) is 3.14. The van der Waals surface area contributed by atoms with E-state index in [1.165, 1.54) is 0 Å². The number of nitrogens with one attached hydrogen (secondary N) is 1. The molecule has 1 heterocycles. The van der Waals surface area contributed by atoms with Gasteiger partial charge in [0.2, 0.25) is 0 Å². The van der Waals surface area contributed by atoms with Gasteiger partial charge in [-0.3, -0.25) is 4.68 Å². The van der Waals surface area contributed by atoms with Crippen LogP contribution in [0.15, 0.2) is 30.5 Å². The summed E-state index contributed by atoms with van der Waals surface area (Å²) in [5, 5.41) is 8.62. The van der Waals surface area contributed by atoms with Crippen LogP contribution in [0.2, 0.25) is 5.02 Å². The van der Waals surface area contributed by atoms with Crippen LogP contribution in [0, 0.1) is 6.92 Å². The van der Waals surface area contributed by atoms with Crippen LogP contribution < -0.4 is 5.32 Å². The summed E-state index contributed by atoms with van der Waals surface area (Å²) in [6, 6.07) is 8.50. The number of benzene rings is 1. The Bertz CT molecular complexity index is 548. The molecule has 0 aliphatic heterocycles. The van der Waals surface area contributed by atoms with E-state index in [4.69, 9.17) is 11.6 Å². The molecule has 2 aromatic rings. The van der Waals surface area contributed by atoms with E-state index < -0.39 is 0 Å². The maximum Gasteiger partial charge on any atom is 0.0815 e. The lowest BCUT2D eigenvalue weighted by Gasteiger charge is -2.09. The first-order valence-electron chi connectivity index (χ1n) is 6.64. The van der Waals surface area contributed by atoms with Crippen LogP contribution in [0.1, 0.15) is 37.6 Å². The van der Waals surface area contributed by atoms with Crippen LogP contribution in [0.5, 0.6) is 0 Å². The molecule has 1 atom stereocenters. The van der Waals surface area contributed by atoms with Gasteiger partial charge in [0.25, 0.3) is 0 Å². The molecule has 1 unspecified atom stereocenters. The van der Waals surface area contributed by atoms with Crippen molar-refractivity contribution >= 4 is 17.3 Å². The van der Waals surface area contributed by atoms with Crippen molar-refractivity contribution in [1.29, 1.82) is 0 Å². The topological polar surface area (TPSA) is 29.9 Å². The number of anilines is 1. The lowest BCUT2D eigenvalue weighted by molar-refractivity contribution is 0.474. The highest BCUT2D eigenvalue weighted by molar-refractivity contribution is 6.33. The number of hydrogen-bond acceptors (Lipinski definition) is 2. The summed E-state index contributed by atoms with van der Waals surface area (Å²) < 4.78 is 2.01. The van der Waals surface area contributed by atoms with Gasteiger partial charge in [0.05, 0.1) is 22.9 Å². The third kappa shape index (κ3) is 3.51. The normalized spacial score (nSPS) is 12.4. The molecule has 0 fully saturated rings. The summed E-state index contributed by atoms with van der Waals surface area (Å²) in [7, 11) is 0. The van der Waals surface area contributed by atoms with Crippen molar-refractivity contribution in [3.63, 3.8) is 0 Å². The first kappa shape index (κ1) is 13.9. The van der Waals surface area contributed by atoms with Crippen molar-refractivity contribution in [1.82, 2.24) is 9.78 Å².